The molecule has 9 heteroatoms. The fraction of sp³-hybridized carbons (Fsp3) is 0.150. The van der Waals surface area contributed by atoms with E-state index in [0.29, 0.717) is 15.6 Å². The molecule has 0 bridgehead atoms. The number of anilines is 1. The minimum absolute atomic E-state index is 0.00413. The second-order valence-electron chi connectivity index (χ2n) is 6.12. The molecule has 1 heterocycles. The first-order valence-electron chi connectivity index (χ1n) is 8.53. The summed E-state index contributed by atoms with van der Waals surface area (Å²) in [4.78, 5) is 3.90. The Kier molecular flexibility index (Phi) is 6.07. The van der Waals surface area contributed by atoms with E-state index in [1.165, 1.54) is 30.6 Å². The summed E-state index contributed by atoms with van der Waals surface area (Å²) >= 11 is 0. The van der Waals surface area contributed by atoms with E-state index >= 15 is 0 Å². The van der Waals surface area contributed by atoms with Gasteiger partial charge in [-0.2, -0.15) is 13.2 Å². The summed E-state index contributed by atoms with van der Waals surface area (Å²) in [6.45, 7) is -0.318. The number of halogens is 3. The van der Waals surface area contributed by atoms with Crippen LogP contribution in [0.25, 0.3) is 0 Å². The average Bonchev–Trinajstić information content (AvgIpc) is 2.66. The molecule has 3 aromatic rings. The van der Waals surface area contributed by atoms with E-state index in [9.17, 15) is 21.6 Å². The first kappa shape index (κ1) is 20.7. The molecule has 0 aliphatic heterocycles. The van der Waals surface area contributed by atoms with Gasteiger partial charge in [-0.1, -0.05) is 36.4 Å². The lowest BCUT2D eigenvalue weighted by Crippen LogP contribution is -2.37. The summed E-state index contributed by atoms with van der Waals surface area (Å²) in [6, 6.07) is 17.8. The smallest absolute Gasteiger partial charge is 0.404 e. The average molecular weight is 422 g/mol. The molecule has 0 fully saturated rings. The maximum absolute atomic E-state index is 13.0. The maximum atomic E-state index is 13.0. The number of hydrogen-bond donors (Lipinski definition) is 0. The second-order valence-corrected chi connectivity index (χ2v) is 8.02. The minimum atomic E-state index is -4.89. The van der Waals surface area contributed by atoms with Crippen molar-refractivity contribution < 1.29 is 26.3 Å². The Morgan fingerprint density at radius 1 is 0.931 bits per heavy atom. The molecule has 0 atom stereocenters. The van der Waals surface area contributed by atoms with Gasteiger partial charge in [-0.25, -0.2) is 8.42 Å². The van der Waals surface area contributed by atoms with Gasteiger partial charge >= 0.3 is 6.18 Å². The van der Waals surface area contributed by atoms with Crippen LogP contribution in [-0.2, 0) is 16.6 Å². The van der Waals surface area contributed by atoms with Crippen molar-refractivity contribution in [3.8, 4) is 11.5 Å². The van der Waals surface area contributed by atoms with Crippen LogP contribution in [0.15, 0.2) is 79.1 Å². The van der Waals surface area contributed by atoms with E-state index in [1.807, 2.05) is 0 Å². The lowest BCUT2D eigenvalue weighted by atomic mass is 10.2. The van der Waals surface area contributed by atoms with E-state index < -0.39 is 22.0 Å². The predicted molar refractivity (Wildman–Crippen MR) is 103 cm³/mol. The first-order valence-corrected chi connectivity index (χ1v) is 10.1. The van der Waals surface area contributed by atoms with Gasteiger partial charge in [-0.05, 0) is 35.9 Å². The van der Waals surface area contributed by atoms with Gasteiger partial charge in [0.15, 0.2) is 11.5 Å². The molecule has 0 saturated heterocycles. The van der Waals surface area contributed by atoms with Crippen molar-refractivity contribution in [3.63, 3.8) is 0 Å². The molecule has 5 nitrogen and oxygen atoms in total. The lowest BCUT2D eigenvalue weighted by molar-refractivity contribution is -0.106. The number of ether oxygens (including phenoxy) is 1. The first-order chi connectivity index (χ1) is 13.7. The normalized spacial score (nSPS) is 11.8. The molecule has 0 unspecified atom stereocenters. The van der Waals surface area contributed by atoms with E-state index in [0.717, 1.165) is 0 Å². The van der Waals surface area contributed by atoms with Gasteiger partial charge in [0.05, 0.1) is 12.2 Å². The molecule has 3 rings (SSSR count). The van der Waals surface area contributed by atoms with Crippen molar-refractivity contribution in [3.05, 3.63) is 84.7 Å². The van der Waals surface area contributed by atoms with Crippen molar-refractivity contribution in [2.24, 2.45) is 0 Å². The summed E-state index contributed by atoms with van der Waals surface area (Å²) in [7, 11) is -4.75. The Morgan fingerprint density at radius 2 is 1.62 bits per heavy atom. The van der Waals surface area contributed by atoms with Crippen molar-refractivity contribution in [1.82, 2.24) is 4.98 Å². The molecule has 0 amide bonds. The quantitative estimate of drug-likeness (QED) is 0.550. The van der Waals surface area contributed by atoms with E-state index in [-0.39, 0.29) is 18.0 Å². The van der Waals surface area contributed by atoms with Crippen LogP contribution in [0.5, 0.6) is 11.5 Å². The van der Waals surface area contributed by atoms with E-state index in [1.54, 1.807) is 48.5 Å². The number of pyridine rings is 1. The van der Waals surface area contributed by atoms with E-state index in [4.69, 9.17) is 4.74 Å². The van der Waals surface area contributed by atoms with Gasteiger partial charge in [-0.15, -0.1) is 0 Å². The molecule has 0 aliphatic carbocycles. The third-order valence-corrected chi connectivity index (χ3v) is 5.53. The SMILES string of the molecule is O=S(=O)(CC(F)(F)F)N(Cc1cccnc1)c1ccccc1Oc1ccccc1. The molecule has 1 aromatic heterocycles. The van der Waals surface area contributed by atoms with Gasteiger partial charge in [0, 0.05) is 12.4 Å². The standard InChI is InChI=1S/C20H17F3N2O3S/c21-20(22,23)15-29(26,27)25(14-16-7-6-12-24-13-16)18-10-4-5-11-19(18)28-17-8-2-1-3-9-17/h1-13H,14-15H2. The summed E-state index contributed by atoms with van der Waals surface area (Å²) in [5.41, 5.74) is 0.442. The van der Waals surface area contributed by atoms with Gasteiger partial charge in [-0.3, -0.25) is 9.29 Å². The summed E-state index contributed by atoms with van der Waals surface area (Å²) in [5, 5.41) is 0. The van der Waals surface area contributed by atoms with Gasteiger partial charge < -0.3 is 4.74 Å². The number of benzene rings is 2. The fourth-order valence-electron chi connectivity index (χ4n) is 2.64. The molecular formula is C20H17F3N2O3S. The molecule has 0 N–H and O–H groups in total. The van der Waals surface area contributed by atoms with Crippen LogP contribution in [0, 0.1) is 0 Å². The zero-order valence-corrected chi connectivity index (χ0v) is 15.9. The molecular weight excluding hydrogens is 405 g/mol. The number of para-hydroxylation sites is 3. The highest BCUT2D eigenvalue weighted by molar-refractivity contribution is 7.92. The van der Waals surface area contributed by atoms with Crippen LogP contribution in [0.3, 0.4) is 0 Å². The number of sulfonamides is 1. The topological polar surface area (TPSA) is 59.5 Å². The molecule has 2 aromatic carbocycles. The number of rotatable bonds is 7. The number of alkyl halides is 3. The molecule has 0 radical (unpaired) electrons. The summed E-state index contributed by atoms with van der Waals surface area (Å²) in [5.74, 6) is -1.44. The van der Waals surface area contributed by atoms with Crippen LogP contribution in [0.4, 0.5) is 18.9 Å². The van der Waals surface area contributed by atoms with Crippen LogP contribution in [-0.4, -0.2) is 25.3 Å². The van der Waals surface area contributed by atoms with Crippen LogP contribution in [0.2, 0.25) is 0 Å². The predicted octanol–water partition coefficient (Wildman–Crippen LogP) is 4.77. The second kappa shape index (κ2) is 8.52. The largest absolute Gasteiger partial charge is 0.455 e. The lowest BCUT2D eigenvalue weighted by Gasteiger charge is -2.27. The van der Waals surface area contributed by atoms with Gasteiger partial charge in [0.2, 0.25) is 10.0 Å². The molecule has 152 valence electrons. The minimum Gasteiger partial charge on any atom is -0.455 e. The molecule has 0 spiro atoms. The highest BCUT2D eigenvalue weighted by atomic mass is 32.2. The highest BCUT2D eigenvalue weighted by Crippen LogP contribution is 2.35. The van der Waals surface area contributed by atoms with Gasteiger partial charge in [0.25, 0.3) is 0 Å². The molecule has 0 saturated carbocycles. The van der Waals surface area contributed by atoms with Crippen molar-refractivity contribution in [2.75, 3.05) is 10.1 Å². The Morgan fingerprint density at radius 3 is 2.28 bits per heavy atom. The third kappa shape index (κ3) is 5.71. The van der Waals surface area contributed by atoms with Crippen molar-refractivity contribution >= 4 is 15.7 Å². The number of aromatic nitrogens is 1. The number of hydrogen-bond acceptors (Lipinski definition) is 4. The van der Waals surface area contributed by atoms with Crippen LogP contribution < -0.4 is 9.04 Å². The summed E-state index contributed by atoms with van der Waals surface area (Å²) in [6.07, 6.45) is -2.00. The molecule has 29 heavy (non-hydrogen) atoms. The van der Waals surface area contributed by atoms with E-state index in [2.05, 4.69) is 4.98 Å². The Balaban J connectivity index is 2.04. The fourth-order valence-corrected chi connectivity index (χ4v) is 4.01. The Hall–Kier alpha value is -3.07. The van der Waals surface area contributed by atoms with Crippen LogP contribution >= 0.6 is 0 Å². The maximum Gasteiger partial charge on any atom is 0.404 e. The van der Waals surface area contributed by atoms with Gasteiger partial charge in [0.1, 0.15) is 5.75 Å². The van der Waals surface area contributed by atoms with Crippen LogP contribution in [0.1, 0.15) is 5.56 Å². The third-order valence-electron chi connectivity index (χ3n) is 3.84. The highest BCUT2D eigenvalue weighted by Gasteiger charge is 2.39. The number of nitrogens with zero attached hydrogens (tertiary/aromatic N) is 2. The van der Waals surface area contributed by atoms with Crippen molar-refractivity contribution in [1.29, 1.82) is 0 Å². The molecule has 0 aliphatic rings. The zero-order chi connectivity index (χ0) is 20.9. The Bertz CT molecular complexity index is 1040. The summed E-state index contributed by atoms with van der Waals surface area (Å²) < 4.78 is 70.7. The Labute approximate surface area is 166 Å². The van der Waals surface area contributed by atoms with Crippen molar-refractivity contribution in [2.45, 2.75) is 12.7 Å². The monoisotopic (exact) mass is 422 g/mol. The zero-order valence-electron chi connectivity index (χ0n) is 15.1.